The van der Waals surface area contributed by atoms with Crippen LogP contribution >= 0.6 is 0 Å². The van der Waals surface area contributed by atoms with E-state index in [1.165, 1.54) is 19.3 Å². The SMILES string of the molecule is O=C(C1NCC2CCCC21)N1CC(O)(C2CC2)C1. The minimum Gasteiger partial charge on any atom is -0.386 e. The van der Waals surface area contributed by atoms with Crippen LogP contribution in [0.3, 0.4) is 0 Å². The summed E-state index contributed by atoms with van der Waals surface area (Å²) in [5.41, 5.74) is -0.538. The number of rotatable bonds is 2. The average molecular weight is 250 g/mol. The summed E-state index contributed by atoms with van der Waals surface area (Å²) >= 11 is 0. The molecule has 100 valence electrons. The molecule has 4 fully saturated rings. The standard InChI is InChI=1S/C14H22N2O2/c17-13(12-11-3-1-2-9(11)6-15-12)16-7-14(18,8-16)10-4-5-10/h9-12,15,18H,1-8H2. The van der Waals surface area contributed by atoms with Gasteiger partial charge >= 0.3 is 0 Å². The summed E-state index contributed by atoms with van der Waals surface area (Å²) in [4.78, 5) is 14.3. The molecule has 0 aromatic carbocycles. The van der Waals surface area contributed by atoms with Gasteiger partial charge in [-0.05, 0) is 50.0 Å². The summed E-state index contributed by atoms with van der Waals surface area (Å²) in [6.07, 6.45) is 6.06. The molecule has 2 saturated heterocycles. The smallest absolute Gasteiger partial charge is 0.240 e. The number of hydrogen-bond acceptors (Lipinski definition) is 3. The van der Waals surface area contributed by atoms with Crippen molar-refractivity contribution < 1.29 is 9.90 Å². The topological polar surface area (TPSA) is 52.6 Å². The zero-order chi connectivity index (χ0) is 12.3. The quantitative estimate of drug-likeness (QED) is 0.744. The van der Waals surface area contributed by atoms with Crippen LogP contribution in [0.4, 0.5) is 0 Å². The Morgan fingerprint density at radius 3 is 2.72 bits per heavy atom. The van der Waals surface area contributed by atoms with Crippen LogP contribution in [0.15, 0.2) is 0 Å². The Hall–Kier alpha value is -0.610. The minimum atomic E-state index is -0.538. The predicted octanol–water partition coefficient (Wildman–Crippen LogP) is 0.358. The summed E-state index contributed by atoms with van der Waals surface area (Å²) in [5.74, 6) is 2.00. The fraction of sp³-hybridized carbons (Fsp3) is 0.929. The van der Waals surface area contributed by atoms with Crippen LogP contribution in [0.5, 0.6) is 0 Å². The van der Waals surface area contributed by atoms with Gasteiger partial charge < -0.3 is 15.3 Å². The van der Waals surface area contributed by atoms with Gasteiger partial charge in [0.15, 0.2) is 0 Å². The molecule has 4 aliphatic rings. The van der Waals surface area contributed by atoms with Gasteiger partial charge in [0.25, 0.3) is 0 Å². The largest absolute Gasteiger partial charge is 0.386 e. The Kier molecular flexibility index (Phi) is 2.31. The average Bonchev–Trinajstić information content (AvgIpc) is 2.93. The Morgan fingerprint density at radius 2 is 2.00 bits per heavy atom. The van der Waals surface area contributed by atoms with E-state index in [1.54, 1.807) is 0 Å². The first-order valence-electron chi connectivity index (χ1n) is 7.42. The molecule has 0 bridgehead atoms. The summed E-state index contributed by atoms with van der Waals surface area (Å²) in [5, 5.41) is 13.7. The first kappa shape index (κ1) is 11.2. The molecule has 2 saturated carbocycles. The second-order valence-electron chi connectivity index (χ2n) is 6.81. The number of carbonyl (C=O) groups is 1. The maximum absolute atomic E-state index is 12.5. The zero-order valence-corrected chi connectivity index (χ0v) is 10.8. The van der Waals surface area contributed by atoms with E-state index in [4.69, 9.17) is 0 Å². The molecule has 3 unspecified atom stereocenters. The molecule has 2 N–H and O–H groups in total. The Balaban J connectivity index is 1.39. The van der Waals surface area contributed by atoms with E-state index >= 15 is 0 Å². The number of carbonyl (C=O) groups excluding carboxylic acids is 1. The lowest BCUT2D eigenvalue weighted by Gasteiger charge is -2.48. The summed E-state index contributed by atoms with van der Waals surface area (Å²) in [7, 11) is 0. The zero-order valence-electron chi connectivity index (χ0n) is 10.8. The van der Waals surface area contributed by atoms with Gasteiger partial charge in [0.1, 0.15) is 5.60 Å². The molecule has 18 heavy (non-hydrogen) atoms. The maximum atomic E-state index is 12.5. The Bertz CT molecular complexity index is 374. The third-order valence-corrected chi connectivity index (χ3v) is 5.59. The van der Waals surface area contributed by atoms with E-state index in [2.05, 4.69) is 5.32 Å². The van der Waals surface area contributed by atoms with Gasteiger partial charge in [-0.15, -0.1) is 0 Å². The molecule has 3 atom stereocenters. The van der Waals surface area contributed by atoms with Crippen molar-refractivity contribution in [2.75, 3.05) is 19.6 Å². The van der Waals surface area contributed by atoms with Crippen molar-refractivity contribution in [2.24, 2.45) is 17.8 Å². The van der Waals surface area contributed by atoms with Gasteiger partial charge in [0, 0.05) is 0 Å². The molecule has 4 heteroatoms. The molecular weight excluding hydrogens is 228 g/mol. The molecule has 1 amide bonds. The van der Waals surface area contributed by atoms with Gasteiger partial charge in [0.05, 0.1) is 19.1 Å². The van der Waals surface area contributed by atoms with Crippen molar-refractivity contribution in [2.45, 2.75) is 43.7 Å². The van der Waals surface area contributed by atoms with Gasteiger partial charge in [-0.2, -0.15) is 0 Å². The number of fused-ring (bicyclic) bond motifs is 1. The fourth-order valence-corrected chi connectivity index (χ4v) is 4.30. The lowest BCUT2D eigenvalue weighted by Crippen LogP contribution is -2.67. The molecular formula is C14H22N2O2. The van der Waals surface area contributed by atoms with Crippen molar-refractivity contribution in [1.82, 2.24) is 10.2 Å². The first-order chi connectivity index (χ1) is 8.67. The molecule has 2 heterocycles. The number of likely N-dealkylation sites (tertiary alicyclic amines) is 1. The van der Waals surface area contributed by atoms with Crippen LogP contribution in [-0.2, 0) is 4.79 Å². The fourth-order valence-electron chi connectivity index (χ4n) is 4.30. The van der Waals surface area contributed by atoms with Gasteiger partial charge in [-0.1, -0.05) is 6.42 Å². The van der Waals surface area contributed by atoms with Crippen LogP contribution in [0, 0.1) is 17.8 Å². The number of aliphatic hydroxyl groups is 1. The molecule has 0 radical (unpaired) electrons. The monoisotopic (exact) mass is 250 g/mol. The second kappa shape index (κ2) is 3.70. The summed E-state index contributed by atoms with van der Waals surface area (Å²) in [6, 6.07) is 0.0428. The van der Waals surface area contributed by atoms with E-state index in [1.807, 2.05) is 4.90 Å². The second-order valence-corrected chi connectivity index (χ2v) is 6.81. The lowest BCUT2D eigenvalue weighted by molar-refractivity contribution is -0.162. The van der Waals surface area contributed by atoms with Crippen LogP contribution in [0.25, 0.3) is 0 Å². The molecule has 4 nitrogen and oxygen atoms in total. The van der Waals surface area contributed by atoms with Gasteiger partial charge in [-0.3, -0.25) is 4.79 Å². The van der Waals surface area contributed by atoms with Crippen molar-refractivity contribution in [3.63, 3.8) is 0 Å². The number of hydrogen-bond donors (Lipinski definition) is 2. The van der Waals surface area contributed by atoms with Crippen LogP contribution in [0.2, 0.25) is 0 Å². The summed E-state index contributed by atoms with van der Waals surface area (Å²) < 4.78 is 0. The number of nitrogens with one attached hydrogen (secondary N) is 1. The predicted molar refractivity (Wildman–Crippen MR) is 66.9 cm³/mol. The van der Waals surface area contributed by atoms with E-state index < -0.39 is 5.60 Å². The highest BCUT2D eigenvalue weighted by Gasteiger charge is 2.55. The number of β-amino-alcohol motifs (C(OH)–C–C–N with tert-alkyl or cyclic N) is 1. The van der Waals surface area contributed by atoms with E-state index in [-0.39, 0.29) is 11.9 Å². The number of nitrogens with zero attached hydrogens (tertiary/aromatic N) is 1. The highest BCUT2D eigenvalue weighted by molar-refractivity contribution is 5.83. The highest BCUT2D eigenvalue weighted by Crippen LogP contribution is 2.45. The van der Waals surface area contributed by atoms with Crippen LogP contribution in [-0.4, -0.2) is 47.2 Å². The lowest BCUT2D eigenvalue weighted by atomic mass is 9.86. The van der Waals surface area contributed by atoms with Crippen LogP contribution in [0.1, 0.15) is 32.1 Å². The first-order valence-corrected chi connectivity index (χ1v) is 7.42. The maximum Gasteiger partial charge on any atom is 0.240 e. The van der Waals surface area contributed by atoms with Gasteiger partial charge in [0.2, 0.25) is 5.91 Å². The van der Waals surface area contributed by atoms with E-state index in [9.17, 15) is 9.90 Å². The summed E-state index contributed by atoms with van der Waals surface area (Å²) in [6.45, 7) is 2.17. The van der Waals surface area contributed by atoms with E-state index in [0.29, 0.717) is 24.9 Å². The van der Waals surface area contributed by atoms with Gasteiger partial charge in [-0.25, -0.2) is 0 Å². The third-order valence-electron chi connectivity index (χ3n) is 5.59. The van der Waals surface area contributed by atoms with Crippen molar-refractivity contribution >= 4 is 5.91 Å². The van der Waals surface area contributed by atoms with E-state index in [0.717, 1.165) is 25.3 Å². The number of amides is 1. The molecule has 4 rings (SSSR count). The normalized spacial score (nSPS) is 41.6. The molecule has 2 aliphatic carbocycles. The highest BCUT2D eigenvalue weighted by atomic mass is 16.3. The molecule has 0 aromatic rings. The van der Waals surface area contributed by atoms with Crippen molar-refractivity contribution in [3.05, 3.63) is 0 Å². The minimum absolute atomic E-state index is 0.0428. The molecule has 0 spiro atoms. The van der Waals surface area contributed by atoms with Crippen molar-refractivity contribution in [1.29, 1.82) is 0 Å². The van der Waals surface area contributed by atoms with Crippen LogP contribution < -0.4 is 5.32 Å². The molecule has 0 aromatic heterocycles. The molecule has 2 aliphatic heterocycles. The Morgan fingerprint density at radius 1 is 1.22 bits per heavy atom. The Labute approximate surface area is 108 Å². The third kappa shape index (κ3) is 1.55. The van der Waals surface area contributed by atoms with Crippen molar-refractivity contribution in [3.8, 4) is 0 Å².